The molecule has 4 atom stereocenters. The molecule has 132 valence electrons. The Kier molecular flexibility index (Phi) is 4.26. The Bertz CT molecular complexity index is 688. The largest absolute Gasteiger partial charge is 0.454 e. The number of amides is 1. The molecule has 0 aromatic carbocycles. The van der Waals surface area contributed by atoms with Crippen molar-refractivity contribution >= 4 is 11.9 Å². The number of carbonyl (C=O) groups excluding carboxylic acids is 2. The van der Waals surface area contributed by atoms with Gasteiger partial charge in [-0.05, 0) is 49.9 Å². The molecular formula is C15H24N6O3. The molecule has 2 heterocycles. The van der Waals surface area contributed by atoms with E-state index < -0.39 is 31.0 Å². The molecule has 0 unspecified atom stereocenters. The Morgan fingerprint density at radius 3 is 3.00 bits per heavy atom. The lowest BCUT2D eigenvalue weighted by Gasteiger charge is -2.42. The molecule has 24 heavy (non-hydrogen) atoms. The van der Waals surface area contributed by atoms with E-state index >= 15 is 0 Å². The van der Waals surface area contributed by atoms with Crippen LogP contribution < -0.4 is 11.1 Å². The second-order valence-electron chi connectivity index (χ2n) is 6.41. The molecule has 1 aliphatic heterocycles. The molecule has 4 N–H and O–H groups in total. The number of hydrogen-bond acceptors (Lipinski definition) is 7. The summed E-state index contributed by atoms with van der Waals surface area (Å²) in [5, 5.41) is 16.3. The lowest BCUT2D eigenvalue weighted by Crippen LogP contribution is -2.50. The maximum Gasteiger partial charge on any atom is 0.323 e. The fraction of sp³-hybridized carbons (Fsp3) is 0.800. The molecule has 1 aliphatic carbocycles. The molecule has 2 aliphatic rings. The van der Waals surface area contributed by atoms with Gasteiger partial charge in [0.1, 0.15) is 6.02 Å². The molecule has 3 rings (SSSR count). The summed E-state index contributed by atoms with van der Waals surface area (Å²) in [5.41, 5.74) is 4.98. The zero-order valence-corrected chi connectivity index (χ0v) is 13.3. The third kappa shape index (κ3) is 4.28. The lowest BCUT2D eigenvalue weighted by atomic mass is 9.69. The summed E-state index contributed by atoms with van der Waals surface area (Å²) in [6.45, 7) is -2.49. The number of rotatable bonds is 6. The Morgan fingerprint density at radius 2 is 2.25 bits per heavy atom. The Balaban J connectivity index is 1.65. The number of nitrogens with one attached hydrogen (secondary N) is 2. The van der Waals surface area contributed by atoms with Gasteiger partial charge in [0.2, 0.25) is 0 Å². The molecule has 1 saturated heterocycles. The number of carbonyl (C=O) groups is 2. The molecule has 1 aromatic rings. The molecule has 0 radical (unpaired) electrons. The number of esters is 1. The van der Waals surface area contributed by atoms with Crippen LogP contribution in [0.4, 0.5) is 0 Å². The van der Waals surface area contributed by atoms with Crippen molar-refractivity contribution in [3.05, 3.63) is 5.82 Å². The number of nitrogens with zero attached hydrogens (tertiary/aromatic N) is 3. The van der Waals surface area contributed by atoms with Crippen molar-refractivity contribution in [1.29, 1.82) is 0 Å². The van der Waals surface area contributed by atoms with Crippen LogP contribution in [-0.4, -0.2) is 51.6 Å². The minimum Gasteiger partial charge on any atom is -0.454 e. The highest BCUT2D eigenvalue weighted by Crippen LogP contribution is 2.40. The number of aromatic amines is 1. The number of tetrazole rings is 1. The number of aromatic nitrogens is 4. The lowest BCUT2D eigenvalue weighted by molar-refractivity contribution is -0.151. The van der Waals surface area contributed by atoms with E-state index in [0.29, 0.717) is 31.0 Å². The zero-order chi connectivity index (χ0) is 19.7. The first-order valence-corrected chi connectivity index (χ1v) is 8.17. The molecule has 1 amide bonds. The van der Waals surface area contributed by atoms with Gasteiger partial charge in [-0.3, -0.25) is 9.59 Å². The van der Waals surface area contributed by atoms with Crippen LogP contribution in [0.2, 0.25) is 0 Å². The van der Waals surface area contributed by atoms with Gasteiger partial charge in [-0.1, -0.05) is 11.6 Å². The number of H-pyrrole nitrogens is 1. The number of hydrogen-bond donors (Lipinski definition) is 3. The number of aryl methyl sites for hydroxylation is 1. The van der Waals surface area contributed by atoms with Crippen molar-refractivity contribution in [3.63, 3.8) is 0 Å². The van der Waals surface area contributed by atoms with Crippen LogP contribution in [-0.2, 0) is 20.7 Å². The first kappa shape index (κ1) is 13.3. The van der Waals surface area contributed by atoms with Crippen molar-refractivity contribution in [2.45, 2.75) is 44.5 Å². The van der Waals surface area contributed by atoms with E-state index in [1.165, 1.54) is 0 Å². The van der Waals surface area contributed by atoms with E-state index in [4.69, 9.17) is 14.6 Å². The van der Waals surface area contributed by atoms with E-state index in [-0.39, 0.29) is 18.3 Å². The average Bonchev–Trinajstić information content (AvgIpc) is 3.10. The number of ether oxygens (including phenoxy) is 1. The van der Waals surface area contributed by atoms with E-state index in [1.807, 2.05) is 0 Å². The SMILES string of the molecule is [2H]C1([2H])N[C@]([2H])(C(=O)OCC(N)=O)C[C@H]2C[C@@H](CCc3nn[nH]n3)CC[C@H]21. The Hall–Kier alpha value is -2.03. The topological polar surface area (TPSA) is 136 Å². The minimum atomic E-state index is -1.93. The monoisotopic (exact) mass is 339 g/mol. The quantitative estimate of drug-likeness (QED) is 0.597. The summed E-state index contributed by atoms with van der Waals surface area (Å²) in [4.78, 5) is 23.1. The van der Waals surface area contributed by atoms with Crippen molar-refractivity contribution < 1.29 is 18.4 Å². The van der Waals surface area contributed by atoms with Crippen LogP contribution in [0.15, 0.2) is 0 Å². The fourth-order valence-corrected chi connectivity index (χ4v) is 3.51. The molecule has 0 spiro atoms. The summed E-state index contributed by atoms with van der Waals surface area (Å²) in [5.74, 6) is -1.22. The van der Waals surface area contributed by atoms with Gasteiger partial charge < -0.3 is 15.8 Å². The molecular weight excluding hydrogens is 312 g/mol. The van der Waals surface area contributed by atoms with Gasteiger partial charge in [0.05, 0.1) is 1.37 Å². The van der Waals surface area contributed by atoms with Gasteiger partial charge in [-0.25, -0.2) is 0 Å². The maximum atomic E-state index is 12.3. The van der Waals surface area contributed by atoms with Crippen LogP contribution in [0.25, 0.3) is 0 Å². The highest BCUT2D eigenvalue weighted by Gasteiger charge is 2.38. The summed E-state index contributed by atoms with van der Waals surface area (Å²) < 4.78 is 29.8. The van der Waals surface area contributed by atoms with E-state index in [2.05, 4.69) is 25.9 Å². The standard InChI is InChI=1S/C15H24N6O3/c16-13(22)8-24-15(23)12-6-11-5-9(1-3-10(11)7-17-12)2-4-14-18-20-21-19-14/h9-12,17H,1-8H2,(H2,16,22)(H,18,19,20,21)/t9-,10+,11-,12+/m1/s1/i7D2,12D. The molecule has 0 bridgehead atoms. The molecule has 9 heteroatoms. The molecule has 2 fully saturated rings. The number of primary amides is 1. The van der Waals surface area contributed by atoms with E-state index in [1.54, 1.807) is 0 Å². The summed E-state index contributed by atoms with van der Waals surface area (Å²) in [6.07, 6.45) is 3.92. The predicted molar refractivity (Wildman–Crippen MR) is 83.4 cm³/mol. The van der Waals surface area contributed by atoms with Crippen molar-refractivity contribution in [3.8, 4) is 0 Å². The van der Waals surface area contributed by atoms with Crippen LogP contribution in [0.1, 0.15) is 42.0 Å². The van der Waals surface area contributed by atoms with Gasteiger partial charge in [0.15, 0.2) is 12.4 Å². The Labute approximate surface area is 144 Å². The predicted octanol–water partition coefficient (Wildman–Crippen LogP) is -0.445. The van der Waals surface area contributed by atoms with Crippen molar-refractivity contribution in [2.75, 3.05) is 13.1 Å². The van der Waals surface area contributed by atoms with Gasteiger partial charge in [-0.2, -0.15) is 5.21 Å². The first-order valence-electron chi connectivity index (χ1n) is 9.67. The molecule has 1 saturated carbocycles. The van der Waals surface area contributed by atoms with E-state index in [9.17, 15) is 9.59 Å². The third-order valence-corrected chi connectivity index (χ3v) is 4.72. The van der Waals surface area contributed by atoms with Crippen molar-refractivity contribution in [2.24, 2.45) is 23.5 Å². The van der Waals surface area contributed by atoms with Crippen molar-refractivity contribution in [1.82, 2.24) is 25.9 Å². The Morgan fingerprint density at radius 1 is 1.38 bits per heavy atom. The number of nitrogens with two attached hydrogens (primary N) is 1. The highest BCUT2D eigenvalue weighted by molar-refractivity contribution is 5.81. The molecule has 1 aromatic heterocycles. The van der Waals surface area contributed by atoms with Gasteiger partial charge >= 0.3 is 5.97 Å². The first-order chi connectivity index (χ1) is 12.7. The summed E-state index contributed by atoms with van der Waals surface area (Å²) in [7, 11) is 0. The summed E-state index contributed by atoms with van der Waals surface area (Å²) >= 11 is 0. The van der Waals surface area contributed by atoms with Gasteiger partial charge in [0.25, 0.3) is 5.91 Å². The number of piperidine rings is 1. The minimum absolute atomic E-state index is 0.132. The second kappa shape index (κ2) is 7.69. The zero-order valence-electron chi connectivity index (χ0n) is 16.3. The highest BCUT2D eigenvalue weighted by atomic mass is 16.5. The molecule has 9 nitrogen and oxygen atoms in total. The van der Waals surface area contributed by atoms with Gasteiger partial charge in [0, 0.05) is 9.16 Å². The fourth-order valence-electron chi connectivity index (χ4n) is 3.51. The van der Waals surface area contributed by atoms with Gasteiger partial charge in [-0.15, -0.1) is 10.2 Å². The number of fused-ring (bicyclic) bond motifs is 1. The van der Waals surface area contributed by atoms with Crippen LogP contribution in [0, 0.1) is 17.8 Å². The third-order valence-electron chi connectivity index (χ3n) is 4.72. The average molecular weight is 339 g/mol. The van der Waals surface area contributed by atoms with Crippen LogP contribution >= 0.6 is 0 Å². The second-order valence-corrected chi connectivity index (χ2v) is 6.41. The summed E-state index contributed by atoms with van der Waals surface area (Å²) in [6, 6.07) is -1.93. The smallest absolute Gasteiger partial charge is 0.323 e. The maximum absolute atomic E-state index is 12.3. The van der Waals surface area contributed by atoms with Crippen LogP contribution in [0.5, 0.6) is 0 Å². The normalized spacial score (nSPS) is 36.7. The van der Waals surface area contributed by atoms with E-state index in [0.717, 1.165) is 12.8 Å². The van der Waals surface area contributed by atoms with Crippen LogP contribution in [0.3, 0.4) is 0 Å².